The molecule has 7 nitrogen and oxygen atoms in total. The van der Waals surface area contributed by atoms with Crippen molar-refractivity contribution in [2.45, 2.75) is 13.2 Å². The summed E-state index contributed by atoms with van der Waals surface area (Å²) in [5.41, 5.74) is 1.06. The van der Waals surface area contributed by atoms with Crippen molar-refractivity contribution in [2.24, 2.45) is 0 Å². The van der Waals surface area contributed by atoms with Gasteiger partial charge in [-0.05, 0) is 42.0 Å². The molecular weight excluding hydrogens is 386 g/mol. The van der Waals surface area contributed by atoms with Crippen LogP contribution in [-0.4, -0.2) is 34.6 Å². The first kappa shape index (κ1) is 20.0. The molecule has 0 bridgehead atoms. The molecule has 0 spiro atoms. The summed E-state index contributed by atoms with van der Waals surface area (Å²) in [4.78, 5) is 23.3. The van der Waals surface area contributed by atoms with E-state index >= 15 is 0 Å². The molecule has 150 valence electrons. The first-order valence-corrected chi connectivity index (χ1v) is 8.41. The van der Waals surface area contributed by atoms with Crippen molar-refractivity contribution in [1.29, 1.82) is 0 Å². The van der Waals surface area contributed by atoms with Crippen LogP contribution in [0.1, 0.15) is 15.9 Å². The third-order valence-electron chi connectivity index (χ3n) is 4.05. The highest BCUT2D eigenvalue weighted by atomic mass is 19.3. The molecule has 0 radical (unpaired) electrons. The topological polar surface area (TPSA) is 90.7 Å². The van der Waals surface area contributed by atoms with E-state index in [1.807, 2.05) is 0 Å². The van der Waals surface area contributed by atoms with Gasteiger partial charge in [-0.25, -0.2) is 9.48 Å². The highest BCUT2D eigenvalue weighted by Crippen LogP contribution is 2.32. The molecule has 1 heterocycles. The Hall–Kier alpha value is -3.75. The van der Waals surface area contributed by atoms with Crippen LogP contribution in [0.4, 0.5) is 8.78 Å². The lowest BCUT2D eigenvalue weighted by atomic mass is 10.1. The minimum Gasteiger partial charge on any atom is -0.493 e. The van der Waals surface area contributed by atoms with Gasteiger partial charge in [0.15, 0.2) is 11.5 Å². The second kappa shape index (κ2) is 8.51. The summed E-state index contributed by atoms with van der Waals surface area (Å²) < 4.78 is 35.9. The van der Waals surface area contributed by atoms with E-state index in [0.717, 1.165) is 4.68 Å². The number of methoxy groups -OCH3 is 1. The number of aromatic nitrogens is 2. The summed E-state index contributed by atoms with van der Waals surface area (Å²) in [6.45, 7) is -2.98. The molecule has 0 saturated carbocycles. The van der Waals surface area contributed by atoms with Crippen LogP contribution in [0, 0.1) is 0 Å². The molecule has 1 N–H and O–H groups in total. The molecule has 0 unspecified atom stereocenters. The number of rotatable bonds is 7. The normalized spacial score (nSPS) is 10.8. The maximum atomic E-state index is 12.6. The summed E-state index contributed by atoms with van der Waals surface area (Å²) in [5.74, 6) is -1.10. The van der Waals surface area contributed by atoms with E-state index in [4.69, 9.17) is 9.84 Å². The molecule has 0 aliphatic carbocycles. The Morgan fingerprint density at radius 1 is 1.14 bits per heavy atom. The molecule has 0 fully saturated rings. The molecular formula is C20H16F2N2O5. The smallest absolute Gasteiger partial charge is 0.387 e. The number of benzene rings is 2. The van der Waals surface area contributed by atoms with Gasteiger partial charge in [-0.2, -0.15) is 13.9 Å². The molecule has 9 heteroatoms. The van der Waals surface area contributed by atoms with Crippen LogP contribution in [-0.2, 0) is 6.54 Å². The Labute approximate surface area is 163 Å². The minimum absolute atomic E-state index is 0.0460. The summed E-state index contributed by atoms with van der Waals surface area (Å²) in [7, 11) is 1.33. The molecule has 2 aromatic carbocycles. The van der Waals surface area contributed by atoms with Gasteiger partial charge in [0.25, 0.3) is 5.56 Å². The molecule has 0 atom stereocenters. The first-order chi connectivity index (χ1) is 13.9. The summed E-state index contributed by atoms with van der Waals surface area (Å²) in [6, 6.07) is 13.3. The number of carboxylic acids is 1. The number of halogens is 2. The quantitative estimate of drug-likeness (QED) is 0.652. The molecule has 0 amide bonds. The van der Waals surface area contributed by atoms with E-state index < -0.39 is 18.1 Å². The van der Waals surface area contributed by atoms with E-state index in [2.05, 4.69) is 9.84 Å². The maximum Gasteiger partial charge on any atom is 0.387 e. The Bertz CT molecular complexity index is 1100. The fraction of sp³-hybridized carbons (Fsp3) is 0.150. The lowest BCUT2D eigenvalue weighted by Crippen LogP contribution is -2.23. The van der Waals surface area contributed by atoms with Crippen molar-refractivity contribution < 1.29 is 28.2 Å². The predicted molar refractivity (Wildman–Crippen MR) is 99.6 cm³/mol. The Morgan fingerprint density at radius 2 is 1.93 bits per heavy atom. The van der Waals surface area contributed by atoms with Crippen LogP contribution in [0.3, 0.4) is 0 Å². The van der Waals surface area contributed by atoms with E-state index in [1.54, 1.807) is 18.2 Å². The number of nitrogens with zero attached hydrogens (tertiary/aromatic N) is 2. The number of alkyl halides is 2. The average Bonchev–Trinajstić information content (AvgIpc) is 2.69. The zero-order valence-electron chi connectivity index (χ0n) is 15.2. The van der Waals surface area contributed by atoms with Gasteiger partial charge in [-0.15, -0.1) is 0 Å². The van der Waals surface area contributed by atoms with Gasteiger partial charge >= 0.3 is 12.6 Å². The third-order valence-corrected chi connectivity index (χ3v) is 4.05. The van der Waals surface area contributed by atoms with Crippen molar-refractivity contribution in [3.63, 3.8) is 0 Å². The summed E-state index contributed by atoms with van der Waals surface area (Å²) in [6.07, 6.45) is 0. The number of carboxylic acid groups (broad SMARTS) is 1. The number of aromatic carboxylic acids is 1. The number of carbonyl (C=O) groups is 1. The van der Waals surface area contributed by atoms with Crippen LogP contribution in [0.2, 0.25) is 0 Å². The molecule has 29 heavy (non-hydrogen) atoms. The van der Waals surface area contributed by atoms with Crippen molar-refractivity contribution in [1.82, 2.24) is 9.78 Å². The van der Waals surface area contributed by atoms with Gasteiger partial charge in [-0.1, -0.05) is 12.1 Å². The number of hydrogen-bond acceptors (Lipinski definition) is 5. The van der Waals surface area contributed by atoms with Crippen molar-refractivity contribution >= 4 is 5.97 Å². The fourth-order valence-electron chi connectivity index (χ4n) is 2.72. The van der Waals surface area contributed by atoms with Crippen molar-refractivity contribution in [3.05, 3.63) is 76.1 Å². The monoisotopic (exact) mass is 402 g/mol. The van der Waals surface area contributed by atoms with Crippen LogP contribution < -0.4 is 15.0 Å². The Morgan fingerprint density at radius 3 is 2.62 bits per heavy atom. The van der Waals surface area contributed by atoms with E-state index in [9.17, 15) is 18.4 Å². The van der Waals surface area contributed by atoms with Crippen LogP contribution in [0.25, 0.3) is 11.3 Å². The first-order valence-electron chi connectivity index (χ1n) is 8.41. The van der Waals surface area contributed by atoms with Gasteiger partial charge in [0.1, 0.15) is 0 Å². The molecule has 3 rings (SSSR count). The van der Waals surface area contributed by atoms with Crippen molar-refractivity contribution in [3.8, 4) is 22.8 Å². The maximum absolute atomic E-state index is 12.6. The second-order valence-electron chi connectivity index (χ2n) is 5.96. The fourth-order valence-corrected chi connectivity index (χ4v) is 2.72. The lowest BCUT2D eigenvalue weighted by molar-refractivity contribution is -0.0511. The van der Waals surface area contributed by atoms with Gasteiger partial charge < -0.3 is 14.6 Å². The second-order valence-corrected chi connectivity index (χ2v) is 5.96. The molecule has 1 aromatic heterocycles. The minimum atomic E-state index is -3.03. The molecule has 0 aliphatic heterocycles. The zero-order valence-corrected chi connectivity index (χ0v) is 15.2. The van der Waals surface area contributed by atoms with Crippen LogP contribution >= 0.6 is 0 Å². The van der Waals surface area contributed by atoms with Gasteiger partial charge in [0.05, 0.1) is 24.9 Å². The van der Waals surface area contributed by atoms with Crippen LogP contribution in [0.5, 0.6) is 11.5 Å². The Balaban J connectivity index is 1.96. The number of ether oxygens (including phenoxy) is 2. The summed E-state index contributed by atoms with van der Waals surface area (Å²) in [5, 5.41) is 13.4. The van der Waals surface area contributed by atoms with E-state index in [-0.39, 0.29) is 23.6 Å². The lowest BCUT2D eigenvalue weighted by Gasteiger charge is -2.12. The SMILES string of the molecule is COc1ccc(-c2ccc(=O)n(Cc3cccc(C(=O)O)c3)n2)cc1OC(F)F. The Kier molecular flexibility index (Phi) is 5.87. The van der Waals surface area contributed by atoms with Gasteiger partial charge in [-0.3, -0.25) is 4.79 Å². The van der Waals surface area contributed by atoms with Gasteiger partial charge in [0.2, 0.25) is 0 Å². The molecule has 0 saturated heterocycles. The van der Waals surface area contributed by atoms with Gasteiger partial charge in [0, 0.05) is 11.6 Å². The predicted octanol–water partition coefficient (Wildman–Crippen LogP) is 3.27. The molecule has 3 aromatic rings. The largest absolute Gasteiger partial charge is 0.493 e. The highest BCUT2D eigenvalue weighted by Gasteiger charge is 2.13. The number of hydrogen-bond donors (Lipinski definition) is 1. The summed E-state index contributed by atoms with van der Waals surface area (Å²) >= 11 is 0. The zero-order chi connectivity index (χ0) is 21.0. The standard InChI is InChI=1S/C20H16F2N2O5/c1-28-16-7-5-13(10-17(16)29-20(21)22)15-6-8-18(25)24(23-15)11-12-3-2-4-14(9-12)19(26)27/h2-10,20H,11H2,1H3,(H,26,27). The average molecular weight is 402 g/mol. The van der Waals surface area contributed by atoms with E-state index in [1.165, 1.54) is 43.5 Å². The third kappa shape index (κ3) is 4.75. The highest BCUT2D eigenvalue weighted by molar-refractivity contribution is 5.87. The molecule has 0 aliphatic rings. The van der Waals surface area contributed by atoms with Crippen LogP contribution in [0.15, 0.2) is 59.4 Å². The van der Waals surface area contributed by atoms with Crippen molar-refractivity contribution in [2.75, 3.05) is 7.11 Å². The van der Waals surface area contributed by atoms with E-state index in [0.29, 0.717) is 16.8 Å².